The number of hydrogen-bond acceptors (Lipinski definition) is 4. The van der Waals surface area contributed by atoms with Gasteiger partial charge in [0.25, 0.3) is 0 Å². The predicted octanol–water partition coefficient (Wildman–Crippen LogP) is 1.64. The van der Waals surface area contributed by atoms with E-state index in [1.807, 2.05) is 30.3 Å². The second-order valence-electron chi connectivity index (χ2n) is 3.80. The average molecular weight is 260 g/mol. The Morgan fingerprint density at radius 3 is 2.58 bits per heavy atom. The van der Waals surface area contributed by atoms with Gasteiger partial charge in [-0.3, -0.25) is 9.59 Å². The summed E-state index contributed by atoms with van der Waals surface area (Å²) in [5.74, 6) is -1.49. The topological polar surface area (TPSA) is 81.4 Å². The van der Waals surface area contributed by atoms with E-state index in [2.05, 4.69) is 5.10 Å². The van der Waals surface area contributed by atoms with Gasteiger partial charge in [-0.15, -0.1) is 5.10 Å². The Morgan fingerprint density at radius 2 is 1.89 bits per heavy atom. The number of carbonyl (C=O) groups is 2. The van der Waals surface area contributed by atoms with E-state index in [-0.39, 0.29) is 18.7 Å². The molecule has 0 saturated carbocycles. The molecule has 1 heterocycles. The van der Waals surface area contributed by atoms with Crippen LogP contribution in [0.2, 0.25) is 0 Å². The highest BCUT2D eigenvalue weighted by Crippen LogP contribution is 2.12. The molecule has 6 nitrogen and oxygen atoms in total. The van der Waals surface area contributed by atoms with Crippen LogP contribution in [0.15, 0.2) is 42.6 Å². The first-order valence-electron chi connectivity index (χ1n) is 5.69. The van der Waals surface area contributed by atoms with Gasteiger partial charge in [-0.05, 0) is 12.1 Å². The van der Waals surface area contributed by atoms with Gasteiger partial charge in [-0.25, -0.2) is 4.68 Å². The van der Waals surface area contributed by atoms with Crippen LogP contribution in [0.4, 0.5) is 0 Å². The Kier molecular flexibility index (Phi) is 3.92. The highest BCUT2D eigenvalue weighted by molar-refractivity contribution is 5.77. The van der Waals surface area contributed by atoms with Crippen LogP contribution in [0.5, 0.6) is 5.88 Å². The summed E-state index contributed by atoms with van der Waals surface area (Å²) in [4.78, 5) is 21.6. The summed E-state index contributed by atoms with van der Waals surface area (Å²) in [5.41, 5.74) is 0.843. The molecule has 1 N–H and O–H groups in total. The molecule has 0 aliphatic rings. The second kappa shape index (κ2) is 5.81. The molecular weight excluding hydrogens is 248 g/mol. The third-order valence-electron chi connectivity index (χ3n) is 2.35. The number of nitrogens with zero attached hydrogens (tertiary/aromatic N) is 2. The Morgan fingerprint density at radius 1 is 1.16 bits per heavy atom. The lowest BCUT2D eigenvalue weighted by atomic mass is 10.3. The number of aliphatic carboxylic acids is 1. The van der Waals surface area contributed by atoms with E-state index < -0.39 is 11.9 Å². The second-order valence-corrected chi connectivity index (χ2v) is 3.80. The predicted molar refractivity (Wildman–Crippen MR) is 66.1 cm³/mol. The van der Waals surface area contributed by atoms with E-state index in [1.54, 1.807) is 16.9 Å². The van der Waals surface area contributed by atoms with Crippen molar-refractivity contribution in [2.45, 2.75) is 12.8 Å². The van der Waals surface area contributed by atoms with Gasteiger partial charge in [0.2, 0.25) is 5.88 Å². The maximum Gasteiger partial charge on any atom is 0.313 e. The molecule has 0 atom stereocenters. The summed E-state index contributed by atoms with van der Waals surface area (Å²) in [6.45, 7) is 0. The van der Waals surface area contributed by atoms with Gasteiger partial charge < -0.3 is 9.84 Å². The monoisotopic (exact) mass is 260 g/mol. The fourth-order valence-electron chi connectivity index (χ4n) is 1.46. The number of carbonyl (C=O) groups excluding carboxylic acids is 1. The zero-order chi connectivity index (χ0) is 13.7. The van der Waals surface area contributed by atoms with Crippen LogP contribution in [0, 0.1) is 0 Å². The Balaban J connectivity index is 1.98. The fourth-order valence-corrected chi connectivity index (χ4v) is 1.46. The molecular formula is C13H12N2O4. The number of rotatable bonds is 5. The summed E-state index contributed by atoms with van der Waals surface area (Å²) in [6, 6.07) is 10.9. The molecule has 2 rings (SSSR count). The number of ether oxygens (including phenoxy) is 1. The molecule has 0 amide bonds. The number of hydrogen-bond donors (Lipinski definition) is 1. The molecule has 0 bridgehead atoms. The largest absolute Gasteiger partial charge is 0.481 e. The van der Waals surface area contributed by atoms with Gasteiger partial charge in [0.15, 0.2) is 0 Å². The molecule has 0 radical (unpaired) electrons. The first-order chi connectivity index (χ1) is 9.15. The summed E-state index contributed by atoms with van der Waals surface area (Å²) < 4.78 is 6.50. The minimum absolute atomic E-state index is 0.152. The molecule has 0 saturated heterocycles. The first-order valence-corrected chi connectivity index (χ1v) is 5.69. The molecule has 0 fully saturated rings. The van der Waals surface area contributed by atoms with Crippen LogP contribution in [0.1, 0.15) is 12.8 Å². The fraction of sp³-hybridized carbons (Fsp3) is 0.154. The number of aromatic nitrogens is 2. The lowest BCUT2D eigenvalue weighted by Crippen LogP contribution is -2.10. The van der Waals surface area contributed by atoms with Crippen LogP contribution in [-0.4, -0.2) is 26.8 Å². The Hall–Kier alpha value is -2.63. The van der Waals surface area contributed by atoms with Crippen molar-refractivity contribution in [2.75, 3.05) is 0 Å². The van der Waals surface area contributed by atoms with Gasteiger partial charge in [0.05, 0.1) is 18.5 Å². The standard InChI is InChI=1S/C13H12N2O4/c16-12(17)6-7-13(18)19-11-8-9-15(14-11)10-4-2-1-3-5-10/h1-5,8-9H,6-7H2,(H,16,17). The van der Waals surface area contributed by atoms with Crippen molar-refractivity contribution < 1.29 is 19.4 Å². The number of carboxylic acid groups (broad SMARTS) is 1. The molecule has 19 heavy (non-hydrogen) atoms. The molecule has 0 spiro atoms. The molecule has 6 heteroatoms. The number of para-hydroxylation sites is 1. The van der Waals surface area contributed by atoms with Crippen molar-refractivity contribution in [2.24, 2.45) is 0 Å². The van der Waals surface area contributed by atoms with Crippen LogP contribution < -0.4 is 4.74 Å². The highest BCUT2D eigenvalue weighted by atomic mass is 16.5. The zero-order valence-electron chi connectivity index (χ0n) is 10.0. The molecule has 1 aromatic heterocycles. The van der Waals surface area contributed by atoms with Crippen molar-refractivity contribution in [3.05, 3.63) is 42.6 Å². The average Bonchev–Trinajstić information content (AvgIpc) is 2.86. The highest BCUT2D eigenvalue weighted by Gasteiger charge is 2.10. The van der Waals surface area contributed by atoms with E-state index in [9.17, 15) is 9.59 Å². The smallest absolute Gasteiger partial charge is 0.313 e. The van der Waals surface area contributed by atoms with E-state index in [4.69, 9.17) is 9.84 Å². The molecule has 0 aliphatic carbocycles. The quantitative estimate of drug-likeness (QED) is 0.826. The number of benzene rings is 1. The SMILES string of the molecule is O=C(O)CCC(=O)Oc1ccn(-c2ccccc2)n1. The first kappa shape index (κ1) is 12.8. The zero-order valence-corrected chi connectivity index (χ0v) is 10.0. The van der Waals surface area contributed by atoms with Gasteiger partial charge in [0.1, 0.15) is 0 Å². The van der Waals surface area contributed by atoms with Crippen LogP contribution in [0.3, 0.4) is 0 Å². The number of esters is 1. The van der Waals surface area contributed by atoms with E-state index in [0.29, 0.717) is 0 Å². The summed E-state index contributed by atoms with van der Waals surface area (Å²) in [7, 11) is 0. The Bertz CT molecular complexity index is 577. The third kappa shape index (κ3) is 3.67. The van der Waals surface area contributed by atoms with Crippen molar-refractivity contribution >= 4 is 11.9 Å². The van der Waals surface area contributed by atoms with Gasteiger partial charge in [-0.1, -0.05) is 18.2 Å². The molecule has 0 unspecified atom stereocenters. The minimum Gasteiger partial charge on any atom is -0.481 e. The van der Waals surface area contributed by atoms with E-state index in [0.717, 1.165) is 5.69 Å². The van der Waals surface area contributed by atoms with Gasteiger partial charge in [-0.2, -0.15) is 0 Å². The molecule has 2 aromatic rings. The maximum atomic E-state index is 11.3. The summed E-state index contributed by atoms with van der Waals surface area (Å²) in [5, 5.41) is 12.5. The van der Waals surface area contributed by atoms with Crippen LogP contribution >= 0.6 is 0 Å². The molecule has 0 aliphatic heterocycles. The number of carboxylic acids is 1. The molecule has 1 aromatic carbocycles. The maximum absolute atomic E-state index is 11.3. The minimum atomic E-state index is -1.04. The van der Waals surface area contributed by atoms with E-state index in [1.165, 1.54) is 0 Å². The van der Waals surface area contributed by atoms with Crippen molar-refractivity contribution in [3.63, 3.8) is 0 Å². The van der Waals surface area contributed by atoms with E-state index >= 15 is 0 Å². The van der Waals surface area contributed by atoms with Crippen LogP contribution in [-0.2, 0) is 9.59 Å². The normalized spacial score (nSPS) is 10.1. The van der Waals surface area contributed by atoms with Crippen molar-refractivity contribution in [1.29, 1.82) is 0 Å². The summed E-state index contributed by atoms with van der Waals surface area (Å²) in [6.07, 6.45) is 1.24. The molecule has 98 valence electrons. The lowest BCUT2D eigenvalue weighted by Gasteiger charge is -2.00. The van der Waals surface area contributed by atoms with Crippen LogP contribution in [0.25, 0.3) is 5.69 Å². The van der Waals surface area contributed by atoms with Crippen molar-refractivity contribution in [3.8, 4) is 11.6 Å². The van der Waals surface area contributed by atoms with Gasteiger partial charge >= 0.3 is 11.9 Å². The lowest BCUT2D eigenvalue weighted by molar-refractivity contribution is -0.142. The third-order valence-corrected chi connectivity index (χ3v) is 2.35. The Labute approximate surface area is 109 Å². The van der Waals surface area contributed by atoms with Gasteiger partial charge in [0, 0.05) is 12.3 Å². The summed E-state index contributed by atoms with van der Waals surface area (Å²) >= 11 is 0. The van der Waals surface area contributed by atoms with Crippen molar-refractivity contribution in [1.82, 2.24) is 9.78 Å².